The SMILES string of the molecule is CC(C)C(CNCC(O)c1cc(F)ccc1F)C(C)C. The third-order valence-corrected chi connectivity index (χ3v) is 3.75. The number of halogens is 2. The van der Waals surface area contributed by atoms with Gasteiger partial charge in [0.05, 0.1) is 6.10 Å². The van der Waals surface area contributed by atoms with Gasteiger partial charge in [-0.05, 0) is 42.5 Å². The molecule has 114 valence electrons. The normalized spacial score (nSPS) is 13.5. The molecule has 0 aliphatic heterocycles. The highest BCUT2D eigenvalue weighted by Gasteiger charge is 2.18. The maximum atomic E-state index is 13.5. The van der Waals surface area contributed by atoms with Crippen LogP contribution in [0.3, 0.4) is 0 Å². The second-order valence-electron chi connectivity index (χ2n) is 5.99. The quantitative estimate of drug-likeness (QED) is 0.803. The number of hydrogen-bond donors (Lipinski definition) is 2. The zero-order valence-electron chi connectivity index (χ0n) is 12.7. The van der Waals surface area contributed by atoms with Crippen molar-refractivity contribution in [1.82, 2.24) is 5.32 Å². The minimum Gasteiger partial charge on any atom is -0.387 e. The molecule has 0 bridgehead atoms. The van der Waals surface area contributed by atoms with Gasteiger partial charge in [0.2, 0.25) is 0 Å². The molecule has 0 aromatic heterocycles. The summed E-state index contributed by atoms with van der Waals surface area (Å²) >= 11 is 0. The highest BCUT2D eigenvalue weighted by molar-refractivity contribution is 5.21. The van der Waals surface area contributed by atoms with Crippen LogP contribution in [0.2, 0.25) is 0 Å². The van der Waals surface area contributed by atoms with Crippen LogP contribution in [0.25, 0.3) is 0 Å². The van der Waals surface area contributed by atoms with E-state index in [9.17, 15) is 13.9 Å². The number of nitrogens with one attached hydrogen (secondary N) is 1. The molecule has 4 heteroatoms. The van der Waals surface area contributed by atoms with Gasteiger partial charge in [-0.25, -0.2) is 8.78 Å². The van der Waals surface area contributed by atoms with E-state index in [1.54, 1.807) is 0 Å². The Morgan fingerprint density at radius 1 is 1.05 bits per heavy atom. The average molecular weight is 285 g/mol. The summed E-state index contributed by atoms with van der Waals surface area (Å²) in [5, 5.41) is 13.1. The fraction of sp³-hybridized carbons (Fsp3) is 0.625. The maximum absolute atomic E-state index is 13.5. The molecule has 0 radical (unpaired) electrons. The highest BCUT2D eigenvalue weighted by Crippen LogP contribution is 2.21. The molecule has 0 saturated carbocycles. The third-order valence-electron chi connectivity index (χ3n) is 3.75. The van der Waals surface area contributed by atoms with E-state index in [0.29, 0.717) is 17.8 Å². The van der Waals surface area contributed by atoms with E-state index in [0.717, 1.165) is 24.7 Å². The van der Waals surface area contributed by atoms with E-state index in [4.69, 9.17) is 0 Å². The molecule has 1 atom stereocenters. The van der Waals surface area contributed by atoms with Crippen LogP contribution in [-0.2, 0) is 0 Å². The van der Waals surface area contributed by atoms with Crippen LogP contribution < -0.4 is 5.32 Å². The molecule has 1 aromatic carbocycles. The van der Waals surface area contributed by atoms with Gasteiger partial charge in [0, 0.05) is 12.1 Å². The predicted molar refractivity (Wildman–Crippen MR) is 77.4 cm³/mol. The van der Waals surface area contributed by atoms with Crippen molar-refractivity contribution in [2.75, 3.05) is 13.1 Å². The van der Waals surface area contributed by atoms with E-state index in [-0.39, 0.29) is 12.1 Å². The summed E-state index contributed by atoms with van der Waals surface area (Å²) in [4.78, 5) is 0. The monoisotopic (exact) mass is 285 g/mol. The zero-order valence-corrected chi connectivity index (χ0v) is 12.7. The standard InChI is InChI=1S/C16H25F2NO/c1-10(2)14(11(3)4)8-19-9-16(20)13-7-12(17)5-6-15(13)18/h5-7,10-11,14,16,19-20H,8-9H2,1-4H3. The van der Waals surface area contributed by atoms with E-state index < -0.39 is 17.7 Å². The smallest absolute Gasteiger partial charge is 0.129 e. The van der Waals surface area contributed by atoms with E-state index >= 15 is 0 Å². The van der Waals surface area contributed by atoms with E-state index in [1.165, 1.54) is 0 Å². The Hall–Kier alpha value is -1.00. The van der Waals surface area contributed by atoms with Crippen molar-refractivity contribution >= 4 is 0 Å². The van der Waals surface area contributed by atoms with Crippen LogP contribution in [0.15, 0.2) is 18.2 Å². The minimum atomic E-state index is -1.04. The molecule has 0 aliphatic rings. The Labute approximate surface area is 120 Å². The summed E-state index contributed by atoms with van der Waals surface area (Å²) < 4.78 is 26.6. The summed E-state index contributed by atoms with van der Waals surface area (Å²) in [6.45, 7) is 9.62. The third kappa shape index (κ3) is 4.84. The largest absolute Gasteiger partial charge is 0.387 e. The van der Waals surface area contributed by atoms with Crippen molar-refractivity contribution < 1.29 is 13.9 Å². The average Bonchev–Trinajstić information content (AvgIpc) is 2.36. The van der Waals surface area contributed by atoms with Gasteiger partial charge in [-0.1, -0.05) is 27.7 Å². The van der Waals surface area contributed by atoms with Gasteiger partial charge in [0.25, 0.3) is 0 Å². The van der Waals surface area contributed by atoms with Gasteiger partial charge in [0.15, 0.2) is 0 Å². The zero-order chi connectivity index (χ0) is 15.3. The number of benzene rings is 1. The van der Waals surface area contributed by atoms with Crippen LogP contribution in [0.4, 0.5) is 8.78 Å². The van der Waals surface area contributed by atoms with Crippen LogP contribution in [-0.4, -0.2) is 18.2 Å². The molecule has 1 rings (SSSR count). The molecule has 20 heavy (non-hydrogen) atoms. The Morgan fingerprint density at radius 2 is 1.65 bits per heavy atom. The summed E-state index contributed by atoms with van der Waals surface area (Å²) in [6, 6.07) is 3.13. The molecule has 2 N–H and O–H groups in total. The first kappa shape index (κ1) is 17.1. The summed E-state index contributed by atoms with van der Waals surface area (Å²) in [5.41, 5.74) is 0.00291. The summed E-state index contributed by atoms with van der Waals surface area (Å²) in [7, 11) is 0. The minimum absolute atomic E-state index is 0.00291. The lowest BCUT2D eigenvalue weighted by Crippen LogP contribution is -2.32. The number of aliphatic hydroxyl groups is 1. The fourth-order valence-electron chi connectivity index (χ4n) is 2.51. The van der Waals surface area contributed by atoms with E-state index in [2.05, 4.69) is 33.0 Å². The predicted octanol–water partition coefficient (Wildman–Crippen LogP) is 3.52. The summed E-state index contributed by atoms with van der Waals surface area (Å²) in [5.74, 6) is 0.434. The Balaban J connectivity index is 2.55. The van der Waals surface area contributed by atoms with Gasteiger partial charge in [-0.2, -0.15) is 0 Å². The van der Waals surface area contributed by atoms with Crippen molar-refractivity contribution in [3.8, 4) is 0 Å². The Kier molecular flexibility index (Phi) is 6.56. The Morgan fingerprint density at radius 3 is 2.20 bits per heavy atom. The highest BCUT2D eigenvalue weighted by atomic mass is 19.1. The van der Waals surface area contributed by atoms with Gasteiger partial charge in [-0.15, -0.1) is 0 Å². The van der Waals surface area contributed by atoms with Crippen LogP contribution >= 0.6 is 0 Å². The molecule has 0 spiro atoms. The van der Waals surface area contributed by atoms with Crippen molar-refractivity contribution in [3.63, 3.8) is 0 Å². The molecule has 0 aliphatic carbocycles. The summed E-state index contributed by atoms with van der Waals surface area (Å²) in [6.07, 6.45) is -1.04. The maximum Gasteiger partial charge on any atom is 0.129 e. The second kappa shape index (κ2) is 7.70. The Bertz CT molecular complexity index is 413. The van der Waals surface area contributed by atoms with Gasteiger partial charge in [-0.3, -0.25) is 0 Å². The van der Waals surface area contributed by atoms with Crippen LogP contribution in [0.1, 0.15) is 39.4 Å². The molecule has 2 nitrogen and oxygen atoms in total. The van der Waals surface area contributed by atoms with Crippen molar-refractivity contribution in [2.24, 2.45) is 17.8 Å². The number of rotatable bonds is 7. The molecular formula is C16H25F2NO. The van der Waals surface area contributed by atoms with Crippen molar-refractivity contribution in [1.29, 1.82) is 0 Å². The van der Waals surface area contributed by atoms with E-state index in [1.807, 2.05) is 0 Å². The molecule has 0 saturated heterocycles. The first-order chi connectivity index (χ1) is 9.32. The molecule has 0 heterocycles. The van der Waals surface area contributed by atoms with Crippen LogP contribution in [0, 0.1) is 29.4 Å². The molecule has 1 unspecified atom stereocenters. The molecule has 0 fully saturated rings. The molecular weight excluding hydrogens is 260 g/mol. The number of hydrogen-bond acceptors (Lipinski definition) is 2. The first-order valence-corrected chi connectivity index (χ1v) is 7.16. The van der Waals surface area contributed by atoms with Gasteiger partial charge in [0.1, 0.15) is 11.6 Å². The van der Waals surface area contributed by atoms with Crippen LogP contribution in [0.5, 0.6) is 0 Å². The second-order valence-corrected chi connectivity index (χ2v) is 5.99. The lowest BCUT2D eigenvalue weighted by Gasteiger charge is -2.25. The lowest BCUT2D eigenvalue weighted by atomic mass is 9.85. The lowest BCUT2D eigenvalue weighted by molar-refractivity contribution is 0.162. The molecule has 0 amide bonds. The topological polar surface area (TPSA) is 32.3 Å². The van der Waals surface area contributed by atoms with Gasteiger partial charge < -0.3 is 10.4 Å². The van der Waals surface area contributed by atoms with Gasteiger partial charge >= 0.3 is 0 Å². The first-order valence-electron chi connectivity index (χ1n) is 7.16. The fourth-order valence-corrected chi connectivity index (χ4v) is 2.51. The molecule has 1 aromatic rings. The van der Waals surface area contributed by atoms with Crippen molar-refractivity contribution in [3.05, 3.63) is 35.4 Å². The van der Waals surface area contributed by atoms with Crippen molar-refractivity contribution in [2.45, 2.75) is 33.8 Å². The number of aliphatic hydroxyl groups excluding tert-OH is 1.